The number of aromatic nitrogens is 4. The third-order valence-corrected chi connectivity index (χ3v) is 4.23. The smallest absolute Gasteiger partial charge is 0.227 e. The molecule has 1 N–H and O–H groups in total. The number of aryl methyl sites for hydroxylation is 1. The van der Waals surface area contributed by atoms with Gasteiger partial charge in [0.05, 0.1) is 24.6 Å². The van der Waals surface area contributed by atoms with Crippen molar-refractivity contribution in [1.82, 2.24) is 19.6 Å². The van der Waals surface area contributed by atoms with Gasteiger partial charge < -0.3 is 5.32 Å². The number of nitrogens with one attached hydrogen (secondary N) is 1. The SMILES string of the molecule is CCn1cc(Cn2cc(NC(=O)C3CCCCC3)cn2)cn1. The highest BCUT2D eigenvalue weighted by Crippen LogP contribution is 2.24. The summed E-state index contributed by atoms with van der Waals surface area (Å²) in [4.78, 5) is 12.2. The molecule has 0 aromatic carbocycles. The quantitative estimate of drug-likeness (QED) is 0.923. The molecule has 1 saturated carbocycles. The average Bonchev–Trinajstić information content (AvgIpc) is 3.18. The Hall–Kier alpha value is -2.11. The Bertz CT molecular complexity index is 624. The molecule has 2 heterocycles. The number of hydrogen-bond acceptors (Lipinski definition) is 3. The second-order valence-corrected chi connectivity index (χ2v) is 5.96. The van der Waals surface area contributed by atoms with Gasteiger partial charge in [-0.05, 0) is 19.8 Å². The van der Waals surface area contributed by atoms with Crippen LogP contribution in [0.25, 0.3) is 0 Å². The number of rotatable bonds is 5. The van der Waals surface area contributed by atoms with Crippen LogP contribution < -0.4 is 5.32 Å². The molecule has 22 heavy (non-hydrogen) atoms. The van der Waals surface area contributed by atoms with Gasteiger partial charge in [0.1, 0.15) is 0 Å². The van der Waals surface area contributed by atoms with E-state index >= 15 is 0 Å². The summed E-state index contributed by atoms with van der Waals surface area (Å²) in [6.45, 7) is 3.59. The summed E-state index contributed by atoms with van der Waals surface area (Å²) < 4.78 is 3.72. The highest BCUT2D eigenvalue weighted by Gasteiger charge is 2.21. The van der Waals surface area contributed by atoms with Crippen LogP contribution in [0.3, 0.4) is 0 Å². The molecule has 6 heteroatoms. The number of carbonyl (C=O) groups excluding carboxylic acids is 1. The maximum atomic E-state index is 12.2. The Morgan fingerprint density at radius 3 is 2.68 bits per heavy atom. The van der Waals surface area contributed by atoms with Crippen LogP contribution in [-0.2, 0) is 17.9 Å². The Morgan fingerprint density at radius 2 is 1.95 bits per heavy atom. The van der Waals surface area contributed by atoms with E-state index in [9.17, 15) is 4.79 Å². The maximum Gasteiger partial charge on any atom is 0.227 e. The zero-order chi connectivity index (χ0) is 15.4. The molecule has 1 amide bonds. The molecular formula is C16H23N5O. The normalized spacial score (nSPS) is 15.9. The molecule has 0 unspecified atom stereocenters. The molecule has 3 rings (SSSR count). The largest absolute Gasteiger partial charge is 0.323 e. The second kappa shape index (κ2) is 6.77. The van der Waals surface area contributed by atoms with Crippen molar-refractivity contribution in [2.75, 3.05) is 5.32 Å². The molecule has 1 fully saturated rings. The summed E-state index contributed by atoms with van der Waals surface area (Å²) in [7, 11) is 0. The molecular weight excluding hydrogens is 278 g/mol. The van der Waals surface area contributed by atoms with Crippen LogP contribution in [-0.4, -0.2) is 25.5 Å². The van der Waals surface area contributed by atoms with Crippen molar-refractivity contribution in [2.45, 2.75) is 52.1 Å². The van der Waals surface area contributed by atoms with E-state index in [1.54, 1.807) is 6.20 Å². The van der Waals surface area contributed by atoms with E-state index in [0.29, 0.717) is 6.54 Å². The van der Waals surface area contributed by atoms with Gasteiger partial charge in [-0.1, -0.05) is 19.3 Å². The summed E-state index contributed by atoms with van der Waals surface area (Å²) in [5, 5.41) is 11.6. The molecule has 0 atom stereocenters. The van der Waals surface area contributed by atoms with Gasteiger partial charge in [-0.3, -0.25) is 14.2 Å². The van der Waals surface area contributed by atoms with Gasteiger partial charge in [0, 0.05) is 30.4 Å². The Labute approximate surface area is 130 Å². The Balaban J connectivity index is 1.57. The zero-order valence-corrected chi connectivity index (χ0v) is 13.0. The Morgan fingerprint density at radius 1 is 1.18 bits per heavy atom. The van der Waals surface area contributed by atoms with E-state index in [-0.39, 0.29) is 11.8 Å². The van der Waals surface area contributed by atoms with E-state index in [4.69, 9.17) is 0 Å². The standard InChI is InChI=1S/C16H23N5O/c1-2-20-10-13(8-17-20)11-21-12-15(9-18-21)19-16(22)14-6-4-3-5-7-14/h8-10,12,14H,2-7,11H2,1H3,(H,19,22). The van der Waals surface area contributed by atoms with Gasteiger partial charge in [0.25, 0.3) is 0 Å². The van der Waals surface area contributed by atoms with Crippen LogP contribution in [0, 0.1) is 5.92 Å². The highest BCUT2D eigenvalue weighted by atomic mass is 16.1. The van der Waals surface area contributed by atoms with Gasteiger partial charge in [-0.2, -0.15) is 10.2 Å². The minimum Gasteiger partial charge on any atom is -0.323 e. The van der Waals surface area contributed by atoms with Crippen molar-refractivity contribution in [3.63, 3.8) is 0 Å². The van der Waals surface area contributed by atoms with Crippen molar-refractivity contribution >= 4 is 11.6 Å². The van der Waals surface area contributed by atoms with Crippen LogP contribution in [0.1, 0.15) is 44.6 Å². The highest BCUT2D eigenvalue weighted by molar-refractivity contribution is 5.92. The van der Waals surface area contributed by atoms with Gasteiger partial charge >= 0.3 is 0 Å². The second-order valence-electron chi connectivity index (χ2n) is 5.96. The van der Waals surface area contributed by atoms with E-state index < -0.39 is 0 Å². The number of amides is 1. The lowest BCUT2D eigenvalue weighted by Gasteiger charge is -2.20. The maximum absolute atomic E-state index is 12.2. The van der Waals surface area contributed by atoms with Crippen LogP contribution in [0.4, 0.5) is 5.69 Å². The topological polar surface area (TPSA) is 64.7 Å². The van der Waals surface area contributed by atoms with Gasteiger partial charge in [-0.15, -0.1) is 0 Å². The fraction of sp³-hybridized carbons (Fsp3) is 0.562. The molecule has 0 spiro atoms. The Kier molecular flexibility index (Phi) is 4.56. The van der Waals surface area contributed by atoms with Crippen LogP contribution in [0.5, 0.6) is 0 Å². The van der Waals surface area contributed by atoms with Crippen LogP contribution >= 0.6 is 0 Å². The molecule has 0 saturated heterocycles. The molecule has 2 aromatic rings. The predicted octanol–water partition coefficient (Wildman–Crippen LogP) is 2.67. The van der Waals surface area contributed by atoms with Crippen LogP contribution in [0.2, 0.25) is 0 Å². The fourth-order valence-electron chi connectivity index (χ4n) is 2.97. The lowest BCUT2D eigenvalue weighted by molar-refractivity contribution is -0.120. The van der Waals surface area contributed by atoms with Crippen molar-refractivity contribution in [2.24, 2.45) is 5.92 Å². The predicted molar refractivity (Wildman–Crippen MR) is 84.4 cm³/mol. The van der Waals surface area contributed by atoms with E-state index in [1.807, 2.05) is 28.0 Å². The third-order valence-electron chi connectivity index (χ3n) is 4.23. The number of hydrogen-bond donors (Lipinski definition) is 1. The molecule has 1 aliphatic rings. The summed E-state index contributed by atoms with van der Waals surface area (Å²) >= 11 is 0. The fourth-order valence-corrected chi connectivity index (χ4v) is 2.97. The van der Waals surface area contributed by atoms with Crippen molar-refractivity contribution in [1.29, 1.82) is 0 Å². The molecule has 0 radical (unpaired) electrons. The van der Waals surface area contributed by atoms with Crippen molar-refractivity contribution in [3.8, 4) is 0 Å². The lowest BCUT2D eigenvalue weighted by atomic mass is 9.89. The zero-order valence-electron chi connectivity index (χ0n) is 13.0. The lowest BCUT2D eigenvalue weighted by Crippen LogP contribution is -2.24. The molecule has 6 nitrogen and oxygen atoms in total. The summed E-state index contributed by atoms with van der Waals surface area (Å²) in [6.07, 6.45) is 13.1. The summed E-state index contributed by atoms with van der Waals surface area (Å²) in [6, 6.07) is 0. The van der Waals surface area contributed by atoms with E-state index in [1.165, 1.54) is 19.3 Å². The van der Waals surface area contributed by atoms with E-state index in [2.05, 4.69) is 22.4 Å². The first kappa shape index (κ1) is 14.8. The molecule has 1 aliphatic carbocycles. The first-order chi connectivity index (χ1) is 10.7. The molecule has 0 aliphatic heterocycles. The average molecular weight is 301 g/mol. The molecule has 118 valence electrons. The number of anilines is 1. The van der Waals surface area contributed by atoms with Gasteiger partial charge in [-0.25, -0.2) is 0 Å². The third kappa shape index (κ3) is 3.55. The van der Waals surface area contributed by atoms with Gasteiger partial charge in [0.15, 0.2) is 0 Å². The molecule has 0 bridgehead atoms. The van der Waals surface area contributed by atoms with E-state index in [0.717, 1.165) is 30.6 Å². The monoisotopic (exact) mass is 301 g/mol. The number of nitrogens with zero attached hydrogens (tertiary/aromatic N) is 4. The van der Waals surface area contributed by atoms with Crippen molar-refractivity contribution < 1.29 is 4.79 Å². The minimum atomic E-state index is 0.137. The number of carbonyl (C=O) groups is 1. The summed E-state index contributed by atoms with van der Waals surface area (Å²) in [5.41, 5.74) is 1.88. The summed E-state index contributed by atoms with van der Waals surface area (Å²) in [5.74, 6) is 0.304. The first-order valence-electron chi connectivity index (χ1n) is 8.09. The van der Waals surface area contributed by atoms with Crippen LogP contribution in [0.15, 0.2) is 24.8 Å². The van der Waals surface area contributed by atoms with Crippen molar-refractivity contribution in [3.05, 3.63) is 30.4 Å². The molecule has 2 aromatic heterocycles. The van der Waals surface area contributed by atoms with Gasteiger partial charge in [0.2, 0.25) is 5.91 Å². The minimum absolute atomic E-state index is 0.137. The first-order valence-corrected chi connectivity index (χ1v) is 8.09.